The van der Waals surface area contributed by atoms with E-state index in [9.17, 15) is 18.4 Å². The van der Waals surface area contributed by atoms with Crippen molar-refractivity contribution in [3.8, 4) is 11.5 Å². The lowest BCUT2D eigenvalue weighted by Crippen LogP contribution is -2.36. The number of halogens is 2. The summed E-state index contributed by atoms with van der Waals surface area (Å²) >= 11 is 0. The molecule has 2 amide bonds. The smallest absolute Gasteiger partial charge is 0.387 e. The quantitative estimate of drug-likeness (QED) is 0.710. The molecule has 8 heteroatoms. The molecule has 0 heterocycles. The third kappa shape index (κ3) is 5.39. The number of hydrogen-bond acceptors (Lipinski definition) is 4. The number of ether oxygens (including phenoxy) is 2. The molecule has 120 valence electrons. The van der Waals surface area contributed by atoms with Crippen LogP contribution < -0.4 is 20.1 Å². The lowest BCUT2D eigenvalue weighted by Gasteiger charge is -2.11. The summed E-state index contributed by atoms with van der Waals surface area (Å²) < 4.78 is 33.5. The number of amides is 2. The Morgan fingerprint density at radius 2 is 2.05 bits per heavy atom. The zero-order valence-corrected chi connectivity index (χ0v) is 11.9. The first-order valence-electron chi connectivity index (χ1n) is 6.26. The van der Waals surface area contributed by atoms with Crippen LogP contribution in [0.15, 0.2) is 30.9 Å². The second-order valence-electron chi connectivity index (χ2n) is 4.02. The Labute approximate surface area is 126 Å². The van der Waals surface area contributed by atoms with Gasteiger partial charge in [-0.15, -0.1) is 6.58 Å². The lowest BCUT2D eigenvalue weighted by atomic mass is 10.2. The Bertz CT molecular complexity index is 550. The van der Waals surface area contributed by atoms with E-state index in [0.29, 0.717) is 6.54 Å². The average Bonchev–Trinajstić information content (AvgIpc) is 2.50. The molecule has 0 aliphatic rings. The Balaban J connectivity index is 2.69. The second-order valence-corrected chi connectivity index (χ2v) is 4.02. The van der Waals surface area contributed by atoms with E-state index in [1.807, 2.05) is 0 Å². The lowest BCUT2D eigenvalue weighted by molar-refractivity contribution is -0.119. The Hall–Kier alpha value is -2.64. The van der Waals surface area contributed by atoms with Gasteiger partial charge in [0, 0.05) is 12.1 Å². The molecule has 0 aliphatic heterocycles. The fraction of sp³-hybridized carbons (Fsp3) is 0.286. The van der Waals surface area contributed by atoms with Crippen LogP contribution >= 0.6 is 0 Å². The zero-order valence-electron chi connectivity index (χ0n) is 11.9. The molecule has 1 aromatic rings. The molecule has 0 saturated heterocycles. The molecular weight excluding hydrogens is 298 g/mol. The van der Waals surface area contributed by atoms with Crippen molar-refractivity contribution in [1.29, 1.82) is 0 Å². The molecule has 0 atom stereocenters. The van der Waals surface area contributed by atoms with Crippen molar-refractivity contribution in [2.24, 2.45) is 0 Å². The topological polar surface area (TPSA) is 76.7 Å². The summed E-state index contributed by atoms with van der Waals surface area (Å²) in [6, 6.07) is 3.73. The predicted molar refractivity (Wildman–Crippen MR) is 75.2 cm³/mol. The molecule has 0 bridgehead atoms. The molecule has 0 spiro atoms. The van der Waals surface area contributed by atoms with Gasteiger partial charge in [0.15, 0.2) is 11.5 Å². The highest BCUT2D eigenvalue weighted by atomic mass is 19.3. The van der Waals surface area contributed by atoms with E-state index >= 15 is 0 Å². The largest absolute Gasteiger partial charge is 0.493 e. The van der Waals surface area contributed by atoms with Crippen LogP contribution in [0.3, 0.4) is 0 Å². The normalized spacial score (nSPS) is 10.0. The van der Waals surface area contributed by atoms with Crippen molar-refractivity contribution < 1.29 is 27.8 Å². The minimum Gasteiger partial charge on any atom is -0.493 e. The molecule has 1 rings (SSSR count). The number of carbonyl (C=O) groups excluding carboxylic acids is 2. The minimum absolute atomic E-state index is 0.0101. The molecular formula is C14H16F2N2O4. The van der Waals surface area contributed by atoms with Crippen molar-refractivity contribution >= 4 is 11.8 Å². The third-order valence-electron chi connectivity index (χ3n) is 2.49. The van der Waals surface area contributed by atoms with Crippen LogP contribution in [0.4, 0.5) is 8.78 Å². The predicted octanol–water partition coefficient (Wildman–Crippen LogP) is 1.33. The van der Waals surface area contributed by atoms with E-state index in [1.165, 1.54) is 31.4 Å². The third-order valence-corrected chi connectivity index (χ3v) is 2.49. The summed E-state index contributed by atoms with van der Waals surface area (Å²) in [5.41, 5.74) is 0.148. The van der Waals surface area contributed by atoms with Gasteiger partial charge >= 0.3 is 6.61 Å². The van der Waals surface area contributed by atoms with Crippen LogP contribution in [-0.4, -0.2) is 38.6 Å². The first kappa shape index (κ1) is 17.4. The Kier molecular flexibility index (Phi) is 6.81. The van der Waals surface area contributed by atoms with E-state index in [4.69, 9.17) is 4.74 Å². The van der Waals surface area contributed by atoms with Crippen LogP contribution in [0.5, 0.6) is 11.5 Å². The molecule has 0 radical (unpaired) electrons. The second kappa shape index (κ2) is 8.60. The van der Waals surface area contributed by atoms with Crippen LogP contribution in [0.2, 0.25) is 0 Å². The number of hydrogen-bond donors (Lipinski definition) is 2. The monoisotopic (exact) mass is 314 g/mol. The standard InChI is InChI=1S/C14H16F2N2O4/c1-3-6-17-12(19)8-18-13(20)9-4-5-10(22-14(15)16)11(7-9)21-2/h3-5,7,14H,1,6,8H2,2H3,(H,17,19)(H,18,20). The van der Waals surface area contributed by atoms with Gasteiger partial charge in [0.05, 0.1) is 13.7 Å². The van der Waals surface area contributed by atoms with Gasteiger partial charge in [-0.3, -0.25) is 9.59 Å². The number of benzene rings is 1. The van der Waals surface area contributed by atoms with Crippen molar-refractivity contribution in [2.75, 3.05) is 20.2 Å². The number of carbonyl (C=O) groups is 2. The molecule has 0 aromatic heterocycles. The molecule has 6 nitrogen and oxygen atoms in total. The molecule has 1 aromatic carbocycles. The zero-order chi connectivity index (χ0) is 16.5. The summed E-state index contributed by atoms with van der Waals surface area (Å²) in [7, 11) is 1.26. The molecule has 0 unspecified atom stereocenters. The van der Waals surface area contributed by atoms with Crippen LogP contribution in [0, 0.1) is 0 Å². The Morgan fingerprint density at radius 1 is 1.32 bits per heavy atom. The molecule has 0 aliphatic carbocycles. The average molecular weight is 314 g/mol. The van der Waals surface area contributed by atoms with E-state index in [0.717, 1.165) is 0 Å². The summed E-state index contributed by atoms with van der Waals surface area (Å²) in [5, 5.41) is 4.88. The maximum absolute atomic E-state index is 12.2. The van der Waals surface area contributed by atoms with Crippen LogP contribution in [0.25, 0.3) is 0 Å². The maximum Gasteiger partial charge on any atom is 0.387 e. The number of alkyl halides is 2. The van der Waals surface area contributed by atoms with Crippen molar-refractivity contribution in [3.63, 3.8) is 0 Å². The molecule has 0 fully saturated rings. The Morgan fingerprint density at radius 3 is 2.64 bits per heavy atom. The van der Waals surface area contributed by atoms with Gasteiger partial charge in [-0.2, -0.15) is 8.78 Å². The number of rotatable bonds is 8. The van der Waals surface area contributed by atoms with E-state index in [2.05, 4.69) is 21.9 Å². The van der Waals surface area contributed by atoms with Gasteiger partial charge in [-0.05, 0) is 18.2 Å². The van der Waals surface area contributed by atoms with Crippen LogP contribution in [0.1, 0.15) is 10.4 Å². The summed E-state index contributed by atoms with van der Waals surface area (Å²) in [6.07, 6.45) is 1.51. The fourth-order valence-corrected chi connectivity index (χ4v) is 1.51. The molecule has 2 N–H and O–H groups in total. The van der Waals surface area contributed by atoms with Crippen molar-refractivity contribution in [1.82, 2.24) is 10.6 Å². The van der Waals surface area contributed by atoms with Crippen molar-refractivity contribution in [2.45, 2.75) is 6.61 Å². The molecule has 22 heavy (non-hydrogen) atoms. The van der Waals surface area contributed by atoms with Crippen LogP contribution in [-0.2, 0) is 4.79 Å². The molecule has 0 saturated carbocycles. The van der Waals surface area contributed by atoms with E-state index in [1.54, 1.807) is 0 Å². The van der Waals surface area contributed by atoms with Gasteiger partial charge in [0.25, 0.3) is 5.91 Å². The van der Waals surface area contributed by atoms with E-state index in [-0.39, 0.29) is 29.5 Å². The summed E-state index contributed by atoms with van der Waals surface area (Å²) in [6.45, 7) is 0.520. The summed E-state index contributed by atoms with van der Waals surface area (Å²) in [4.78, 5) is 23.2. The highest BCUT2D eigenvalue weighted by Gasteiger charge is 2.14. The summed E-state index contributed by atoms with van der Waals surface area (Å²) in [5.74, 6) is -1.12. The minimum atomic E-state index is -3.00. The van der Waals surface area contributed by atoms with Gasteiger partial charge in [-0.25, -0.2) is 0 Å². The fourth-order valence-electron chi connectivity index (χ4n) is 1.51. The first-order chi connectivity index (χ1) is 10.5. The first-order valence-corrected chi connectivity index (χ1v) is 6.26. The maximum atomic E-state index is 12.2. The van der Waals surface area contributed by atoms with Gasteiger partial charge in [-0.1, -0.05) is 6.08 Å². The highest BCUT2D eigenvalue weighted by molar-refractivity contribution is 5.97. The van der Waals surface area contributed by atoms with Gasteiger partial charge in [0.1, 0.15) is 0 Å². The van der Waals surface area contributed by atoms with Gasteiger partial charge < -0.3 is 20.1 Å². The highest BCUT2D eigenvalue weighted by Crippen LogP contribution is 2.29. The SMILES string of the molecule is C=CCNC(=O)CNC(=O)c1ccc(OC(F)F)c(OC)c1. The van der Waals surface area contributed by atoms with Crippen molar-refractivity contribution in [3.05, 3.63) is 36.4 Å². The number of methoxy groups -OCH3 is 1. The van der Waals surface area contributed by atoms with Gasteiger partial charge in [0.2, 0.25) is 5.91 Å². The number of nitrogens with one attached hydrogen (secondary N) is 2. The van der Waals surface area contributed by atoms with E-state index < -0.39 is 12.5 Å².